The van der Waals surface area contributed by atoms with Crippen LogP contribution in [0.2, 0.25) is 0 Å². The molecule has 0 amide bonds. The van der Waals surface area contributed by atoms with Crippen molar-refractivity contribution in [3.63, 3.8) is 0 Å². The topological polar surface area (TPSA) is 29.5 Å². The maximum Gasteiger partial charge on any atom is 0.125 e. The fourth-order valence-electron chi connectivity index (χ4n) is 1.89. The normalized spacial score (nSPS) is 12.2. The molecule has 0 saturated carbocycles. The third-order valence-corrected chi connectivity index (χ3v) is 3.39. The van der Waals surface area contributed by atoms with E-state index in [1.54, 1.807) is 7.11 Å². The first-order chi connectivity index (χ1) is 8.61. The van der Waals surface area contributed by atoms with Crippen molar-refractivity contribution >= 4 is 15.9 Å². The van der Waals surface area contributed by atoms with Crippen molar-refractivity contribution in [1.29, 1.82) is 0 Å². The zero-order valence-electron chi connectivity index (χ0n) is 10.4. The van der Waals surface area contributed by atoms with E-state index < -0.39 is 6.10 Å². The van der Waals surface area contributed by atoms with E-state index in [0.717, 1.165) is 21.2 Å². The summed E-state index contributed by atoms with van der Waals surface area (Å²) in [5.41, 5.74) is 2.74. The summed E-state index contributed by atoms with van der Waals surface area (Å²) in [7, 11) is 1.61. The van der Waals surface area contributed by atoms with Crippen LogP contribution in [0.1, 0.15) is 22.8 Å². The van der Waals surface area contributed by atoms with E-state index in [1.165, 1.54) is 0 Å². The molecule has 2 rings (SSSR count). The lowest BCUT2D eigenvalue weighted by Gasteiger charge is -2.16. The minimum absolute atomic E-state index is 0.673. The first-order valence-electron chi connectivity index (χ1n) is 5.70. The predicted octanol–water partition coefficient (Wildman–Crippen LogP) is 3.85. The van der Waals surface area contributed by atoms with E-state index in [-0.39, 0.29) is 0 Å². The Morgan fingerprint density at radius 3 is 2.39 bits per heavy atom. The SMILES string of the molecule is COc1ccc(C)cc1[C@H](O)c1ccc(Br)cc1. The number of hydrogen-bond acceptors (Lipinski definition) is 2. The molecule has 0 aliphatic heterocycles. The Morgan fingerprint density at radius 1 is 1.11 bits per heavy atom. The minimum Gasteiger partial charge on any atom is -0.496 e. The minimum atomic E-state index is -0.673. The highest BCUT2D eigenvalue weighted by Crippen LogP contribution is 2.31. The third kappa shape index (κ3) is 2.74. The summed E-state index contributed by atoms with van der Waals surface area (Å²) in [6.45, 7) is 2.00. The second kappa shape index (κ2) is 5.55. The molecule has 0 radical (unpaired) electrons. The lowest BCUT2D eigenvalue weighted by molar-refractivity contribution is 0.214. The molecule has 0 aromatic heterocycles. The third-order valence-electron chi connectivity index (χ3n) is 2.87. The Kier molecular flexibility index (Phi) is 4.04. The van der Waals surface area contributed by atoms with Crippen molar-refractivity contribution in [1.82, 2.24) is 0 Å². The Bertz CT molecular complexity index is 535. The molecule has 0 unspecified atom stereocenters. The van der Waals surface area contributed by atoms with Gasteiger partial charge in [0.05, 0.1) is 7.11 Å². The molecule has 1 N–H and O–H groups in total. The predicted molar refractivity (Wildman–Crippen MR) is 75.9 cm³/mol. The van der Waals surface area contributed by atoms with Crippen LogP contribution in [0.15, 0.2) is 46.9 Å². The first kappa shape index (κ1) is 13.1. The lowest BCUT2D eigenvalue weighted by atomic mass is 9.99. The summed E-state index contributed by atoms with van der Waals surface area (Å²) >= 11 is 3.38. The van der Waals surface area contributed by atoms with Gasteiger partial charge in [-0.15, -0.1) is 0 Å². The Balaban J connectivity index is 2.41. The Hall–Kier alpha value is -1.32. The van der Waals surface area contributed by atoms with Crippen LogP contribution >= 0.6 is 15.9 Å². The molecule has 0 fully saturated rings. The van der Waals surface area contributed by atoms with Crippen molar-refractivity contribution in [2.75, 3.05) is 7.11 Å². The summed E-state index contributed by atoms with van der Waals surface area (Å²) in [5, 5.41) is 10.4. The number of rotatable bonds is 3. The van der Waals surface area contributed by atoms with Crippen molar-refractivity contribution in [2.45, 2.75) is 13.0 Å². The highest BCUT2D eigenvalue weighted by molar-refractivity contribution is 9.10. The van der Waals surface area contributed by atoms with Crippen LogP contribution in [0.5, 0.6) is 5.75 Å². The van der Waals surface area contributed by atoms with Crippen LogP contribution in [-0.4, -0.2) is 12.2 Å². The fraction of sp³-hybridized carbons (Fsp3) is 0.200. The van der Waals surface area contributed by atoms with Gasteiger partial charge in [-0.2, -0.15) is 0 Å². The van der Waals surface area contributed by atoms with E-state index in [0.29, 0.717) is 5.75 Å². The summed E-state index contributed by atoms with van der Waals surface area (Å²) in [6, 6.07) is 13.4. The van der Waals surface area contributed by atoms with Crippen LogP contribution in [0, 0.1) is 6.92 Å². The van der Waals surface area contributed by atoms with Crippen LogP contribution in [0.25, 0.3) is 0 Å². The van der Waals surface area contributed by atoms with Gasteiger partial charge in [-0.05, 0) is 36.8 Å². The molecule has 0 bridgehead atoms. The van der Waals surface area contributed by atoms with Crippen molar-refractivity contribution < 1.29 is 9.84 Å². The van der Waals surface area contributed by atoms with Crippen LogP contribution < -0.4 is 4.74 Å². The first-order valence-corrected chi connectivity index (χ1v) is 6.49. The molecule has 1 atom stereocenters. The van der Waals surface area contributed by atoms with E-state index in [9.17, 15) is 5.11 Å². The van der Waals surface area contributed by atoms with Gasteiger partial charge in [-0.3, -0.25) is 0 Å². The molecule has 0 spiro atoms. The lowest BCUT2D eigenvalue weighted by Crippen LogP contribution is -2.02. The largest absolute Gasteiger partial charge is 0.496 e. The summed E-state index contributed by atoms with van der Waals surface area (Å²) < 4.78 is 6.29. The molecule has 0 aliphatic carbocycles. The molecule has 18 heavy (non-hydrogen) atoms. The summed E-state index contributed by atoms with van der Waals surface area (Å²) in [4.78, 5) is 0. The smallest absolute Gasteiger partial charge is 0.125 e. The maximum absolute atomic E-state index is 10.4. The monoisotopic (exact) mass is 306 g/mol. The zero-order chi connectivity index (χ0) is 13.1. The van der Waals surface area contributed by atoms with Crippen molar-refractivity contribution in [3.05, 3.63) is 63.6 Å². The molecule has 3 heteroatoms. The van der Waals surface area contributed by atoms with Gasteiger partial charge in [-0.1, -0.05) is 39.7 Å². The van der Waals surface area contributed by atoms with Gasteiger partial charge in [0.2, 0.25) is 0 Å². The molecule has 0 heterocycles. The fourth-order valence-corrected chi connectivity index (χ4v) is 2.16. The molecular weight excluding hydrogens is 292 g/mol. The number of methoxy groups -OCH3 is 1. The number of ether oxygens (including phenoxy) is 1. The van der Waals surface area contributed by atoms with Gasteiger partial charge in [0.15, 0.2) is 0 Å². The summed E-state index contributed by atoms with van der Waals surface area (Å²) in [5.74, 6) is 0.705. The van der Waals surface area contributed by atoms with Crippen molar-refractivity contribution in [3.8, 4) is 5.75 Å². The maximum atomic E-state index is 10.4. The quantitative estimate of drug-likeness (QED) is 0.933. The highest BCUT2D eigenvalue weighted by atomic mass is 79.9. The van der Waals surface area contributed by atoms with Gasteiger partial charge in [0, 0.05) is 10.0 Å². The Labute approximate surface area is 115 Å². The average molecular weight is 307 g/mol. The number of aliphatic hydroxyl groups is 1. The van der Waals surface area contributed by atoms with Gasteiger partial charge < -0.3 is 9.84 Å². The average Bonchev–Trinajstić information content (AvgIpc) is 2.39. The van der Waals surface area contributed by atoms with E-state index >= 15 is 0 Å². The number of aliphatic hydroxyl groups excluding tert-OH is 1. The number of halogens is 1. The van der Waals surface area contributed by atoms with Gasteiger partial charge in [0.25, 0.3) is 0 Å². The molecular formula is C15H15BrO2. The van der Waals surface area contributed by atoms with E-state index in [2.05, 4.69) is 15.9 Å². The van der Waals surface area contributed by atoms with E-state index in [1.807, 2.05) is 49.4 Å². The number of aryl methyl sites for hydroxylation is 1. The molecule has 0 aliphatic rings. The summed E-state index contributed by atoms with van der Waals surface area (Å²) in [6.07, 6.45) is -0.673. The molecule has 2 nitrogen and oxygen atoms in total. The van der Waals surface area contributed by atoms with Gasteiger partial charge in [0.1, 0.15) is 11.9 Å². The van der Waals surface area contributed by atoms with Crippen LogP contribution in [-0.2, 0) is 0 Å². The molecule has 0 saturated heterocycles. The van der Waals surface area contributed by atoms with Crippen LogP contribution in [0.4, 0.5) is 0 Å². The molecule has 2 aromatic rings. The van der Waals surface area contributed by atoms with E-state index in [4.69, 9.17) is 4.74 Å². The van der Waals surface area contributed by atoms with Gasteiger partial charge in [-0.25, -0.2) is 0 Å². The second-order valence-electron chi connectivity index (χ2n) is 4.20. The van der Waals surface area contributed by atoms with Gasteiger partial charge >= 0.3 is 0 Å². The zero-order valence-corrected chi connectivity index (χ0v) is 11.9. The van der Waals surface area contributed by atoms with Crippen LogP contribution in [0.3, 0.4) is 0 Å². The number of hydrogen-bond donors (Lipinski definition) is 1. The number of benzene rings is 2. The Morgan fingerprint density at radius 2 is 1.78 bits per heavy atom. The second-order valence-corrected chi connectivity index (χ2v) is 5.12. The highest BCUT2D eigenvalue weighted by Gasteiger charge is 2.15. The standard InChI is InChI=1S/C15H15BrO2/c1-10-3-8-14(18-2)13(9-10)15(17)11-4-6-12(16)7-5-11/h3-9,15,17H,1-2H3/t15-/m1/s1. The molecule has 94 valence electrons. The van der Waals surface area contributed by atoms with Crippen molar-refractivity contribution in [2.24, 2.45) is 0 Å². The molecule has 2 aromatic carbocycles.